The van der Waals surface area contributed by atoms with Gasteiger partial charge >= 0.3 is 5.97 Å². The zero-order chi connectivity index (χ0) is 20.5. The molecule has 0 heterocycles. The average molecular weight is 383 g/mol. The molecular formula is C20H21N3O5. The maximum atomic E-state index is 12.4. The highest BCUT2D eigenvalue weighted by Crippen LogP contribution is 2.17. The van der Waals surface area contributed by atoms with Gasteiger partial charge in [-0.05, 0) is 17.7 Å². The quantitative estimate of drug-likeness (QED) is 0.356. The van der Waals surface area contributed by atoms with Gasteiger partial charge in [-0.15, -0.1) is 0 Å². The van der Waals surface area contributed by atoms with E-state index < -0.39 is 29.7 Å². The number of carbonyl (C=O) groups is 4. The van der Waals surface area contributed by atoms with Crippen LogP contribution in [0.25, 0.3) is 0 Å². The molecule has 2 aromatic rings. The molecular weight excluding hydrogens is 362 g/mol. The SMILES string of the molecule is NC(CC(=O)c1ccccc1NC=O)C(=O)NC(Cc1ccccc1)C(=O)O. The predicted molar refractivity (Wildman–Crippen MR) is 103 cm³/mol. The molecule has 0 aliphatic carbocycles. The smallest absolute Gasteiger partial charge is 0.326 e. The Hall–Kier alpha value is -3.52. The summed E-state index contributed by atoms with van der Waals surface area (Å²) in [5.41, 5.74) is 7.08. The summed E-state index contributed by atoms with van der Waals surface area (Å²) in [6.45, 7) is 0. The fraction of sp³-hybridized carbons (Fsp3) is 0.200. The fourth-order valence-corrected chi connectivity index (χ4v) is 2.65. The van der Waals surface area contributed by atoms with Gasteiger partial charge < -0.3 is 21.5 Å². The summed E-state index contributed by atoms with van der Waals surface area (Å²) in [5.74, 6) is -2.38. The van der Waals surface area contributed by atoms with E-state index in [0.717, 1.165) is 5.56 Å². The van der Waals surface area contributed by atoms with Crippen molar-refractivity contribution in [1.29, 1.82) is 0 Å². The van der Waals surface area contributed by atoms with Crippen LogP contribution >= 0.6 is 0 Å². The van der Waals surface area contributed by atoms with E-state index >= 15 is 0 Å². The molecule has 0 spiro atoms. The second kappa shape index (κ2) is 9.98. The zero-order valence-electron chi connectivity index (χ0n) is 15.0. The number of anilines is 1. The molecule has 0 aliphatic heterocycles. The van der Waals surface area contributed by atoms with E-state index in [1.165, 1.54) is 6.07 Å². The molecule has 2 aromatic carbocycles. The number of nitrogens with one attached hydrogen (secondary N) is 2. The van der Waals surface area contributed by atoms with Crippen LogP contribution < -0.4 is 16.4 Å². The van der Waals surface area contributed by atoms with Crippen LogP contribution in [-0.2, 0) is 20.8 Å². The monoisotopic (exact) mass is 383 g/mol. The number of hydrogen-bond acceptors (Lipinski definition) is 5. The third kappa shape index (κ3) is 5.75. The van der Waals surface area contributed by atoms with Gasteiger partial charge in [-0.1, -0.05) is 42.5 Å². The first-order chi connectivity index (χ1) is 13.4. The largest absolute Gasteiger partial charge is 0.480 e. The van der Waals surface area contributed by atoms with Gasteiger partial charge in [-0.2, -0.15) is 0 Å². The van der Waals surface area contributed by atoms with Crippen molar-refractivity contribution < 1.29 is 24.3 Å². The van der Waals surface area contributed by atoms with Gasteiger partial charge in [0, 0.05) is 18.4 Å². The Morgan fingerprint density at radius 2 is 1.68 bits per heavy atom. The lowest BCUT2D eigenvalue weighted by Gasteiger charge is -2.18. The molecule has 2 atom stereocenters. The molecule has 2 unspecified atom stereocenters. The van der Waals surface area contributed by atoms with Crippen LogP contribution in [-0.4, -0.2) is 41.3 Å². The van der Waals surface area contributed by atoms with Crippen molar-refractivity contribution in [2.24, 2.45) is 5.73 Å². The Balaban J connectivity index is 2.02. The van der Waals surface area contributed by atoms with Crippen LogP contribution in [0.1, 0.15) is 22.3 Å². The highest BCUT2D eigenvalue weighted by molar-refractivity contribution is 6.05. The topological polar surface area (TPSA) is 139 Å². The fourth-order valence-electron chi connectivity index (χ4n) is 2.65. The first kappa shape index (κ1) is 20.8. The van der Waals surface area contributed by atoms with Crippen LogP contribution in [0.15, 0.2) is 54.6 Å². The van der Waals surface area contributed by atoms with E-state index in [0.29, 0.717) is 12.1 Å². The number of ketones is 1. The van der Waals surface area contributed by atoms with Gasteiger partial charge in [0.15, 0.2) is 5.78 Å². The number of hydrogen-bond donors (Lipinski definition) is 4. The van der Waals surface area contributed by atoms with Crippen molar-refractivity contribution in [2.45, 2.75) is 24.9 Å². The predicted octanol–water partition coefficient (Wildman–Crippen LogP) is 0.967. The minimum Gasteiger partial charge on any atom is -0.480 e. The minimum atomic E-state index is -1.23. The first-order valence-electron chi connectivity index (χ1n) is 8.57. The Labute approximate surface area is 161 Å². The Morgan fingerprint density at radius 3 is 2.32 bits per heavy atom. The maximum Gasteiger partial charge on any atom is 0.326 e. The van der Waals surface area contributed by atoms with Gasteiger partial charge in [-0.3, -0.25) is 14.4 Å². The lowest BCUT2D eigenvalue weighted by molar-refractivity contribution is -0.141. The molecule has 0 saturated carbocycles. The number of Topliss-reactive ketones (excluding diaryl/α,β-unsaturated/α-hetero) is 1. The third-order valence-corrected chi connectivity index (χ3v) is 4.08. The number of nitrogens with two attached hydrogens (primary N) is 1. The number of carbonyl (C=O) groups excluding carboxylic acids is 3. The van der Waals surface area contributed by atoms with Crippen molar-refractivity contribution in [3.8, 4) is 0 Å². The third-order valence-electron chi connectivity index (χ3n) is 4.08. The molecule has 0 bridgehead atoms. The lowest BCUT2D eigenvalue weighted by atomic mass is 10.0. The lowest BCUT2D eigenvalue weighted by Crippen LogP contribution is -2.49. The zero-order valence-corrected chi connectivity index (χ0v) is 15.0. The second-order valence-corrected chi connectivity index (χ2v) is 6.13. The van der Waals surface area contributed by atoms with Gasteiger partial charge in [0.2, 0.25) is 12.3 Å². The molecule has 0 saturated heterocycles. The molecule has 2 rings (SSSR count). The van der Waals surface area contributed by atoms with E-state index in [1.54, 1.807) is 48.5 Å². The van der Waals surface area contributed by atoms with E-state index in [2.05, 4.69) is 10.6 Å². The van der Waals surface area contributed by atoms with Crippen LogP contribution in [0, 0.1) is 0 Å². The van der Waals surface area contributed by atoms with Crippen LogP contribution in [0.4, 0.5) is 5.69 Å². The van der Waals surface area contributed by atoms with E-state index in [9.17, 15) is 24.3 Å². The van der Waals surface area contributed by atoms with Crippen molar-refractivity contribution in [1.82, 2.24) is 5.32 Å². The van der Waals surface area contributed by atoms with Crippen LogP contribution in [0.2, 0.25) is 0 Å². The van der Waals surface area contributed by atoms with Crippen LogP contribution in [0.5, 0.6) is 0 Å². The molecule has 8 heteroatoms. The Bertz CT molecular complexity index is 854. The van der Waals surface area contributed by atoms with Gasteiger partial charge in [0.05, 0.1) is 11.7 Å². The summed E-state index contributed by atoms with van der Waals surface area (Å²) in [5, 5.41) is 14.1. The molecule has 2 amide bonds. The normalized spacial score (nSPS) is 12.5. The highest BCUT2D eigenvalue weighted by atomic mass is 16.4. The average Bonchev–Trinajstić information content (AvgIpc) is 2.68. The summed E-state index contributed by atoms with van der Waals surface area (Å²) >= 11 is 0. The second-order valence-electron chi connectivity index (χ2n) is 6.13. The Kier molecular flexibility index (Phi) is 7.41. The molecule has 0 fully saturated rings. The minimum absolute atomic E-state index is 0.0919. The van der Waals surface area contributed by atoms with Crippen LogP contribution in [0.3, 0.4) is 0 Å². The molecule has 0 aliphatic rings. The maximum absolute atomic E-state index is 12.4. The first-order valence-corrected chi connectivity index (χ1v) is 8.57. The van der Waals surface area contributed by atoms with E-state index in [4.69, 9.17) is 5.73 Å². The summed E-state index contributed by atoms with van der Waals surface area (Å²) in [6.07, 6.45) is 0.204. The summed E-state index contributed by atoms with van der Waals surface area (Å²) in [7, 11) is 0. The number of para-hydroxylation sites is 1. The summed E-state index contributed by atoms with van der Waals surface area (Å²) < 4.78 is 0. The van der Waals surface area contributed by atoms with E-state index in [1.807, 2.05) is 0 Å². The van der Waals surface area contributed by atoms with Crippen molar-refractivity contribution in [3.63, 3.8) is 0 Å². The number of carboxylic acids is 1. The molecule has 0 aromatic heterocycles. The standard InChI is InChI=1S/C20H21N3O5/c21-15(11-18(25)14-8-4-5-9-16(14)22-12-24)19(26)23-17(20(27)28)10-13-6-2-1-3-7-13/h1-9,12,15,17H,10-11,21H2,(H,22,24)(H,23,26)(H,27,28). The van der Waals surface area contributed by atoms with Crippen molar-refractivity contribution >= 4 is 29.8 Å². The number of amides is 2. The van der Waals surface area contributed by atoms with Crippen molar-refractivity contribution in [3.05, 3.63) is 65.7 Å². The van der Waals surface area contributed by atoms with E-state index in [-0.39, 0.29) is 18.4 Å². The molecule has 28 heavy (non-hydrogen) atoms. The number of benzene rings is 2. The molecule has 0 radical (unpaired) electrons. The number of aliphatic carboxylic acids is 1. The van der Waals surface area contributed by atoms with Gasteiger partial charge in [-0.25, -0.2) is 4.79 Å². The summed E-state index contributed by atoms with van der Waals surface area (Å²) in [6, 6.07) is 12.8. The molecule has 146 valence electrons. The van der Waals surface area contributed by atoms with Gasteiger partial charge in [0.25, 0.3) is 0 Å². The number of rotatable bonds is 10. The van der Waals surface area contributed by atoms with Gasteiger partial charge in [0.1, 0.15) is 6.04 Å². The number of carboxylic acid groups (broad SMARTS) is 1. The summed E-state index contributed by atoms with van der Waals surface area (Å²) in [4.78, 5) is 46.8. The molecule has 8 nitrogen and oxygen atoms in total. The van der Waals surface area contributed by atoms with Crippen molar-refractivity contribution in [2.75, 3.05) is 5.32 Å². The Morgan fingerprint density at radius 1 is 1.04 bits per heavy atom. The molecule has 5 N–H and O–H groups in total. The highest BCUT2D eigenvalue weighted by Gasteiger charge is 2.25.